The molecule has 14 heavy (non-hydrogen) atoms. The summed E-state index contributed by atoms with van der Waals surface area (Å²) < 4.78 is 0. The number of hydrogen-bond acceptors (Lipinski definition) is 2. The summed E-state index contributed by atoms with van der Waals surface area (Å²) in [5.74, 6) is 0. The number of aryl methyl sites for hydroxylation is 1. The molecule has 1 aliphatic rings. The van der Waals surface area contributed by atoms with Gasteiger partial charge in [-0.2, -0.15) is 0 Å². The first-order valence-corrected chi connectivity index (χ1v) is 5.30. The zero-order valence-corrected chi connectivity index (χ0v) is 8.72. The predicted molar refractivity (Wildman–Crippen MR) is 59.1 cm³/mol. The molecule has 76 valence electrons. The fourth-order valence-corrected chi connectivity index (χ4v) is 2.36. The minimum atomic E-state index is 0.181. The SMILES string of the molecule is Cc1ccccc1C1(CCN)CCN1. The van der Waals surface area contributed by atoms with Gasteiger partial charge in [0.25, 0.3) is 0 Å². The van der Waals surface area contributed by atoms with Crippen molar-refractivity contribution >= 4 is 0 Å². The molecular weight excluding hydrogens is 172 g/mol. The second-order valence-corrected chi connectivity index (χ2v) is 4.11. The van der Waals surface area contributed by atoms with Crippen molar-refractivity contribution in [1.29, 1.82) is 0 Å². The Balaban J connectivity index is 2.32. The molecule has 0 bridgehead atoms. The van der Waals surface area contributed by atoms with Crippen LogP contribution in [-0.4, -0.2) is 13.1 Å². The van der Waals surface area contributed by atoms with Crippen LogP contribution in [0.3, 0.4) is 0 Å². The Kier molecular flexibility index (Phi) is 2.57. The van der Waals surface area contributed by atoms with Crippen molar-refractivity contribution in [3.63, 3.8) is 0 Å². The van der Waals surface area contributed by atoms with Crippen LogP contribution in [0, 0.1) is 6.92 Å². The number of nitrogens with two attached hydrogens (primary N) is 1. The van der Waals surface area contributed by atoms with Crippen molar-refractivity contribution in [2.45, 2.75) is 25.3 Å². The maximum atomic E-state index is 5.67. The molecule has 2 rings (SSSR count). The Labute approximate surface area is 85.5 Å². The van der Waals surface area contributed by atoms with Crippen LogP contribution in [0.15, 0.2) is 24.3 Å². The van der Waals surface area contributed by atoms with E-state index in [-0.39, 0.29) is 5.54 Å². The molecule has 1 atom stereocenters. The van der Waals surface area contributed by atoms with Crippen molar-refractivity contribution in [1.82, 2.24) is 5.32 Å². The Morgan fingerprint density at radius 3 is 2.64 bits per heavy atom. The van der Waals surface area contributed by atoms with Crippen LogP contribution in [0.5, 0.6) is 0 Å². The van der Waals surface area contributed by atoms with E-state index >= 15 is 0 Å². The average Bonchev–Trinajstić information content (AvgIpc) is 2.13. The second-order valence-electron chi connectivity index (χ2n) is 4.11. The van der Waals surface area contributed by atoms with E-state index in [1.54, 1.807) is 0 Å². The topological polar surface area (TPSA) is 38.0 Å². The first-order chi connectivity index (χ1) is 6.78. The number of benzene rings is 1. The molecule has 1 fully saturated rings. The van der Waals surface area contributed by atoms with E-state index in [0.717, 1.165) is 19.5 Å². The number of hydrogen-bond donors (Lipinski definition) is 2. The molecule has 0 aromatic heterocycles. The summed E-state index contributed by atoms with van der Waals surface area (Å²) in [5, 5.41) is 3.54. The quantitative estimate of drug-likeness (QED) is 0.758. The summed E-state index contributed by atoms with van der Waals surface area (Å²) >= 11 is 0. The monoisotopic (exact) mass is 190 g/mol. The molecule has 1 aromatic rings. The zero-order valence-electron chi connectivity index (χ0n) is 8.72. The molecular formula is C12H18N2. The largest absolute Gasteiger partial charge is 0.330 e. The van der Waals surface area contributed by atoms with Gasteiger partial charge in [-0.25, -0.2) is 0 Å². The molecule has 1 aromatic carbocycles. The first-order valence-electron chi connectivity index (χ1n) is 5.30. The van der Waals surface area contributed by atoms with Crippen LogP contribution in [0.4, 0.5) is 0 Å². The van der Waals surface area contributed by atoms with Crippen molar-refractivity contribution in [2.24, 2.45) is 5.73 Å². The summed E-state index contributed by atoms with van der Waals surface area (Å²) in [5.41, 5.74) is 8.65. The van der Waals surface area contributed by atoms with Crippen molar-refractivity contribution < 1.29 is 0 Å². The maximum absolute atomic E-state index is 5.67. The fraction of sp³-hybridized carbons (Fsp3) is 0.500. The predicted octanol–water partition coefficient (Wildman–Crippen LogP) is 1.53. The smallest absolute Gasteiger partial charge is 0.0461 e. The van der Waals surface area contributed by atoms with Gasteiger partial charge in [-0.05, 0) is 44.0 Å². The molecule has 1 unspecified atom stereocenters. The average molecular weight is 190 g/mol. The van der Waals surface area contributed by atoms with E-state index in [9.17, 15) is 0 Å². The van der Waals surface area contributed by atoms with Crippen LogP contribution in [-0.2, 0) is 5.54 Å². The van der Waals surface area contributed by atoms with Crippen LogP contribution in [0.1, 0.15) is 24.0 Å². The summed E-state index contributed by atoms with van der Waals surface area (Å²) in [6.07, 6.45) is 2.26. The van der Waals surface area contributed by atoms with Gasteiger partial charge in [0.2, 0.25) is 0 Å². The Bertz CT molecular complexity index is 316. The van der Waals surface area contributed by atoms with Crippen molar-refractivity contribution in [3.05, 3.63) is 35.4 Å². The van der Waals surface area contributed by atoms with Gasteiger partial charge in [-0.15, -0.1) is 0 Å². The van der Waals surface area contributed by atoms with E-state index in [4.69, 9.17) is 5.73 Å². The lowest BCUT2D eigenvalue weighted by atomic mass is 9.76. The molecule has 1 heterocycles. The minimum Gasteiger partial charge on any atom is -0.330 e. The molecule has 2 nitrogen and oxygen atoms in total. The van der Waals surface area contributed by atoms with Crippen LogP contribution in [0.25, 0.3) is 0 Å². The summed E-state index contributed by atoms with van der Waals surface area (Å²) in [7, 11) is 0. The Morgan fingerprint density at radius 1 is 1.43 bits per heavy atom. The molecule has 0 amide bonds. The van der Waals surface area contributed by atoms with Gasteiger partial charge in [0.1, 0.15) is 0 Å². The molecule has 3 N–H and O–H groups in total. The normalized spacial score (nSPS) is 25.9. The number of nitrogens with one attached hydrogen (secondary N) is 1. The van der Waals surface area contributed by atoms with E-state index < -0.39 is 0 Å². The lowest BCUT2D eigenvalue weighted by Crippen LogP contribution is -2.55. The van der Waals surface area contributed by atoms with Crippen LogP contribution >= 0.6 is 0 Å². The molecule has 0 radical (unpaired) electrons. The summed E-state index contributed by atoms with van der Waals surface area (Å²) in [6.45, 7) is 4.04. The van der Waals surface area contributed by atoms with Gasteiger partial charge in [0.05, 0.1) is 0 Å². The van der Waals surface area contributed by atoms with E-state index in [0.29, 0.717) is 0 Å². The lowest BCUT2D eigenvalue weighted by molar-refractivity contribution is 0.195. The van der Waals surface area contributed by atoms with Gasteiger partial charge >= 0.3 is 0 Å². The maximum Gasteiger partial charge on any atom is 0.0461 e. The van der Waals surface area contributed by atoms with E-state index in [2.05, 4.69) is 36.5 Å². The Hall–Kier alpha value is -0.860. The van der Waals surface area contributed by atoms with Crippen molar-refractivity contribution in [2.75, 3.05) is 13.1 Å². The first kappa shape index (κ1) is 9.69. The van der Waals surface area contributed by atoms with Gasteiger partial charge in [-0.3, -0.25) is 0 Å². The highest BCUT2D eigenvalue weighted by Crippen LogP contribution is 2.35. The van der Waals surface area contributed by atoms with Crippen LogP contribution < -0.4 is 11.1 Å². The minimum absolute atomic E-state index is 0.181. The van der Waals surface area contributed by atoms with Gasteiger partial charge < -0.3 is 11.1 Å². The van der Waals surface area contributed by atoms with Gasteiger partial charge in [-0.1, -0.05) is 24.3 Å². The van der Waals surface area contributed by atoms with E-state index in [1.165, 1.54) is 17.5 Å². The highest BCUT2D eigenvalue weighted by Gasteiger charge is 2.37. The van der Waals surface area contributed by atoms with E-state index in [1.807, 2.05) is 0 Å². The molecule has 1 aliphatic heterocycles. The molecule has 2 heteroatoms. The fourth-order valence-electron chi connectivity index (χ4n) is 2.36. The highest BCUT2D eigenvalue weighted by molar-refractivity contribution is 5.34. The standard InChI is InChI=1S/C12H18N2/c1-10-4-2-3-5-11(10)12(6-8-13)7-9-14-12/h2-5,14H,6-9,13H2,1H3. The summed E-state index contributed by atoms with van der Waals surface area (Å²) in [6, 6.07) is 8.60. The third kappa shape index (κ3) is 1.45. The molecule has 1 saturated heterocycles. The zero-order chi connectivity index (χ0) is 10.0. The van der Waals surface area contributed by atoms with Gasteiger partial charge in [0, 0.05) is 5.54 Å². The van der Waals surface area contributed by atoms with Crippen molar-refractivity contribution in [3.8, 4) is 0 Å². The second kappa shape index (κ2) is 3.71. The highest BCUT2D eigenvalue weighted by atomic mass is 15.0. The number of rotatable bonds is 3. The van der Waals surface area contributed by atoms with Crippen LogP contribution in [0.2, 0.25) is 0 Å². The molecule has 0 saturated carbocycles. The Morgan fingerprint density at radius 2 is 2.14 bits per heavy atom. The van der Waals surface area contributed by atoms with Gasteiger partial charge in [0.15, 0.2) is 0 Å². The molecule has 0 spiro atoms. The third-order valence-electron chi connectivity index (χ3n) is 3.25. The lowest BCUT2D eigenvalue weighted by Gasteiger charge is -2.44. The third-order valence-corrected chi connectivity index (χ3v) is 3.25. The molecule has 0 aliphatic carbocycles. The summed E-state index contributed by atoms with van der Waals surface area (Å²) in [4.78, 5) is 0.